The van der Waals surface area contributed by atoms with E-state index in [0.29, 0.717) is 25.6 Å². The molecular formula is C23H30N4O2S. The molecule has 0 spiro atoms. The van der Waals surface area contributed by atoms with E-state index < -0.39 is 0 Å². The molecule has 2 fully saturated rings. The predicted molar refractivity (Wildman–Crippen MR) is 120 cm³/mol. The van der Waals surface area contributed by atoms with Crippen LogP contribution in [0.1, 0.15) is 54.8 Å². The molecule has 3 heterocycles. The zero-order chi connectivity index (χ0) is 21.3. The van der Waals surface area contributed by atoms with Crippen molar-refractivity contribution in [2.45, 2.75) is 58.5 Å². The van der Waals surface area contributed by atoms with Gasteiger partial charge in [-0.3, -0.25) is 4.79 Å². The predicted octanol–water partition coefficient (Wildman–Crippen LogP) is 4.28. The van der Waals surface area contributed by atoms with Crippen LogP contribution in [0.2, 0.25) is 0 Å². The molecule has 2 saturated heterocycles. The highest BCUT2D eigenvalue weighted by atomic mass is 32.1. The second-order valence-electron chi connectivity index (χ2n) is 8.41. The Bertz CT molecular complexity index is 916. The van der Waals surface area contributed by atoms with Gasteiger partial charge in [-0.05, 0) is 40.0 Å². The van der Waals surface area contributed by atoms with Crippen molar-refractivity contribution in [2.24, 2.45) is 0 Å². The summed E-state index contributed by atoms with van der Waals surface area (Å²) in [4.78, 5) is 34.5. The van der Waals surface area contributed by atoms with Crippen molar-refractivity contribution >= 4 is 23.3 Å². The lowest BCUT2D eigenvalue weighted by Gasteiger charge is -2.37. The second-order valence-corrected chi connectivity index (χ2v) is 9.45. The molecule has 2 aromatic rings. The quantitative estimate of drug-likeness (QED) is 0.793. The Kier molecular flexibility index (Phi) is 6.09. The Morgan fingerprint density at radius 3 is 2.50 bits per heavy atom. The number of thiazole rings is 1. The molecule has 160 valence electrons. The number of urea groups is 1. The first kappa shape index (κ1) is 20.8. The summed E-state index contributed by atoms with van der Waals surface area (Å²) >= 11 is 1.64. The molecule has 1 aromatic carbocycles. The first-order chi connectivity index (χ1) is 14.4. The number of amides is 3. The maximum atomic E-state index is 12.8. The van der Waals surface area contributed by atoms with Gasteiger partial charge in [-0.1, -0.05) is 29.8 Å². The van der Waals surface area contributed by atoms with Crippen LogP contribution in [0.25, 0.3) is 10.6 Å². The van der Waals surface area contributed by atoms with Crippen molar-refractivity contribution in [3.63, 3.8) is 0 Å². The molecule has 0 aliphatic carbocycles. The third kappa shape index (κ3) is 4.36. The van der Waals surface area contributed by atoms with E-state index in [1.54, 1.807) is 11.3 Å². The molecule has 4 rings (SSSR count). The van der Waals surface area contributed by atoms with Crippen LogP contribution in [-0.2, 0) is 4.79 Å². The molecule has 2 aliphatic heterocycles. The average Bonchev–Trinajstić information content (AvgIpc) is 3.34. The van der Waals surface area contributed by atoms with E-state index in [2.05, 4.69) is 36.5 Å². The minimum atomic E-state index is -0.0907. The normalized spacial score (nSPS) is 18.7. The smallest absolute Gasteiger partial charge is 0.317 e. The number of likely N-dealkylation sites (tertiary alicyclic amines) is 2. The maximum Gasteiger partial charge on any atom is 0.317 e. The van der Waals surface area contributed by atoms with Crippen LogP contribution < -0.4 is 5.32 Å². The van der Waals surface area contributed by atoms with Crippen molar-refractivity contribution < 1.29 is 9.59 Å². The third-order valence-electron chi connectivity index (χ3n) is 6.17. The number of carbonyl (C=O) groups excluding carboxylic acids is 2. The minimum absolute atomic E-state index is 0.0293. The molecule has 3 amide bonds. The lowest BCUT2D eigenvalue weighted by atomic mass is 10.0. The zero-order valence-corrected chi connectivity index (χ0v) is 18.8. The lowest BCUT2D eigenvalue weighted by Crippen LogP contribution is -2.50. The van der Waals surface area contributed by atoms with Gasteiger partial charge in [-0.25, -0.2) is 9.78 Å². The maximum absolute atomic E-state index is 12.8. The Hall–Kier alpha value is -2.41. The summed E-state index contributed by atoms with van der Waals surface area (Å²) < 4.78 is 0. The van der Waals surface area contributed by atoms with Crippen LogP contribution in [-0.4, -0.2) is 52.4 Å². The summed E-state index contributed by atoms with van der Waals surface area (Å²) in [5.74, 6) is 0.275. The summed E-state index contributed by atoms with van der Waals surface area (Å²) in [6.45, 7) is 8.37. The van der Waals surface area contributed by atoms with E-state index in [4.69, 9.17) is 4.98 Å². The molecule has 7 heteroatoms. The summed E-state index contributed by atoms with van der Waals surface area (Å²) in [5, 5.41) is 4.14. The largest absolute Gasteiger partial charge is 0.340 e. The van der Waals surface area contributed by atoms with Crippen molar-refractivity contribution in [2.75, 3.05) is 19.6 Å². The summed E-state index contributed by atoms with van der Waals surface area (Å²) in [6, 6.07) is 8.55. The van der Waals surface area contributed by atoms with Gasteiger partial charge in [0.1, 0.15) is 5.01 Å². The molecule has 2 aliphatic rings. The topological polar surface area (TPSA) is 65.5 Å². The van der Waals surface area contributed by atoms with E-state index in [0.717, 1.165) is 46.9 Å². The standard InChI is InChI=1S/C23H30N4O2S/c1-15-6-8-18(9-7-15)22-24-16(2)21(30-22)17(3)25-23(29)26-13-10-19(11-14-26)27-12-4-5-20(27)28/h6-9,17,19H,4-5,10-14H2,1-3H3,(H,25,29). The number of benzene rings is 1. The van der Waals surface area contributed by atoms with E-state index in [-0.39, 0.29) is 18.0 Å². The third-order valence-corrected chi connectivity index (χ3v) is 7.56. The highest BCUT2D eigenvalue weighted by Crippen LogP contribution is 2.32. The van der Waals surface area contributed by atoms with Crippen LogP contribution in [0, 0.1) is 13.8 Å². The fourth-order valence-corrected chi connectivity index (χ4v) is 5.48. The minimum Gasteiger partial charge on any atom is -0.340 e. The van der Waals surface area contributed by atoms with Gasteiger partial charge in [0.05, 0.1) is 16.6 Å². The fourth-order valence-electron chi connectivity index (χ4n) is 4.41. The average molecular weight is 427 g/mol. The number of hydrogen-bond acceptors (Lipinski definition) is 4. The van der Waals surface area contributed by atoms with Crippen molar-refractivity contribution in [3.05, 3.63) is 40.4 Å². The number of aryl methyl sites for hydroxylation is 2. The van der Waals surface area contributed by atoms with Crippen molar-refractivity contribution in [3.8, 4) is 10.6 Å². The van der Waals surface area contributed by atoms with Crippen LogP contribution in [0.4, 0.5) is 4.79 Å². The number of aromatic nitrogens is 1. The molecular weight excluding hydrogens is 396 g/mol. The Morgan fingerprint density at radius 2 is 1.87 bits per heavy atom. The molecule has 0 radical (unpaired) electrons. The lowest BCUT2D eigenvalue weighted by molar-refractivity contribution is -0.130. The fraction of sp³-hybridized carbons (Fsp3) is 0.522. The van der Waals surface area contributed by atoms with Gasteiger partial charge in [0, 0.05) is 37.7 Å². The number of nitrogens with zero attached hydrogens (tertiary/aromatic N) is 3. The first-order valence-electron chi connectivity index (χ1n) is 10.8. The van der Waals surface area contributed by atoms with E-state index in [1.165, 1.54) is 5.56 Å². The summed E-state index contributed by atoms with van der Waals surface area (Å²) in [6.07, 6.45) is 3.38. The molecule has 6 nitrogen and oxygen atoms in total. The highest BCUT2D eigenvalue weighted by Gasteiger charge is 2.32. The Morgan fingerprint density at radius 1 is 1.17 bits per heavy atom. The van der Waals surface area contributed by atoms with Crippen molar-refractivity contribution in [1.82, 2.24) is 20.1 Å². The Balaban J connectivity index is 1.35. The van der Waals surface area contributed by atoms with Crippen LogP contribution in [0.5, 0.6) is 0 Å². The van der Waals surface area contributed by atoms with Gasteiger partial charge < -0.3 is 15.1 Å². The number of rotatable bonds is 4. The summed E-state index contributed by atoms with van der Waals surface area (Å²) in [5.41, 5.74) is 3.30. The van der Waals surface area contributed by atoms with E-state index in [1.807, 2.05) is 23.6 Å². The molecule has 1 aromatic heterocycles. The van der Waals surface area contributed by atoms with Crippen LogP contribution >= 0.6 is 11.3 Å². The number of hydrogen-bond donors (Lipinski definition) is 1. The molecule has 1 atom stereocenters. The van der Waals surface area contributed by atoms with Gasteiger partial charge in [-0.15, -0.1) is 11.3 Å². The molecule has 1 N–H and O–H groups in total. The zero-order valence-electron chi connectivity index (χ0n) is 18.0. The van der Waals surface area contributed by atoms with Crippen LogP contribution in [0.15, 0.2) is 24.3 Å². The van der Waals surface area contributed by atoms with E-state index in [9.17, 15) is 9.59 Å². The molecule has 0 bridgehead atoms. The second kappa shape index (κ2) is 8.76. The molecule has 30 heavy (non-hydrogen) atoms. The number of piperidine rings is 1. The monoisotopic (exact) mass is 426 g/mol. The summed E-state index contributed by atoms with van der Waals surface area (Å²) in [7, 11) is 0. The van der Waals surface area contributed by atoms with Gasteiger partial charge in [0.25, 0.3) is 0 Å². The van der Waals surface area contributed by atoms with Crippen LogP contribution in [0.3, 0.4) is 0 Å². The van der Waals surface area contributed by atoms with Gasteiger partial charge in [0.2, 0.25) is 5.91 Å². The van der Waals surface area contributed by atoms with Gasteiger partial charge in [-0.2, -0.15) is 0 Å². The first-order valence-corrected chi connectivity index (χ1v) is 11.6. The highest BCUT2D eigenvalue weighted by molar-refractivity contribution is 7.15. The van der Waals surface area contributed by atoms with E-state index >= 15 is 0 Å². The van der Waals surface area contributed by atoms with Crippen molar-refractivity contribution in [1.29, 1.82) is 0 Å². The molecule has 1 unspecified atom stereocenters. The number of carbonyl (C=O) groups is 2. The number of nitrogens with one attached hydrogen (secondary N) is 1. The van der Waals surface area contributed by atoms with Gasteiger partial charge >= 0.3 is 6.03 Å². The van der Waals surface area contributed by atoms with Gasteiger partial charge in [0.15, 0.2) is 0 Å². The Labute approximate surface area is 182 Å². The molecule has 0 saturated carbocycles. The SMILES string of the molecule is Cc1ccc(-c2nc(C)c(C(C)NC(=O)N3CCC(N4CCCC4=O)CC3)s2)cc1.